The fourth-order valence-electron chi connectivity index (χ4n) is 2.76. The van der Waals surface area contributed by atoms with Crippen LogP contribution in [0.25, 0.3) is 11.5 Å². The molecule has 0 fully saturated rings. The van der Waals surface area contributed by atoms with Gasteiger partial charge in [0.25, 0.3) is 5.82 Å². The van der Waals surface area contributed by atoms with E-state index >= 15 is 0 Å². The van der Waals surface area contributed by atoms with E-state index in [4.69, 9.17) is 0 Å². The van der Waals surface area contributed by atoms with Gasteiger partial charge in [-0.2, -0.15) is 22.8 Å². The van der Waals surface area contributed by atoms with Crippen LogP contribution in [0.3, 0.4) is 0 Å². The second-order valence-electron chi connectivity index (χ2n) is 6.18. The maximum absolute atomic E-state index is 13.1. The summed E-state index contributed by atoms with van der Waals surface area (Å²) < 4.78 is 41.8. The highest BCUT2D eigenvalue weighted by atomic mass is 19.4. The highest BCUT2D eigenvalue weighted by molar-refractivity contribution is 5.58. The number of aryl methyl sites for hydroxylation is 1. The molecule has 4 rings (SSSR count). The first-order chi connectivity index (χ1) is 13.3. The first-order valence-electron chi connectivity index (χ1n) is 8.33. The fourth-order valence-corrected chi connectivity index (χ4v) is 2.76. The largest absolute Gasteiger partial charge is 0.453 e. The number of aromatic nitrogens is 7. The summed E-state index contributed by atoms with van der Waals surface area (Å²) in [5, 5.41) is 18.2. The van der Waals surface area contributed by atoms with Gasteiger partial charge in [-0.1, -0.05) is 0 Å². The Labute approximate surface area is 157 Å². The van der Waals surface area contributed by atoms with E-state index in [0.29, 0.717) is 29.3 Å². The Bertz CT molecular complexity index is 1130. The number of rotatable bonds is 4. The Kier molecular flexibility index (Phi) is 4.21. The molecule has 0 spiro atoms. The molecule has 1 N–H and O–H groups in total. The molecule has 0 aliphatic rings. The molecule has 0 bridgehead atoms. The van der Waals surface area contributed by atoms with Crippen molar-refractivity contribution in [3.63, 3.8) is 0 Å². The zero-order valence-corrected chi connectivity index (χ0v) is 14.9. The highest BCUT2D eigenvalue weighted by Crippen LogP contribution is 2.29. The van der Waals surface area contributed by atoms with Crippen LogP contribution >= 0.6 is 0 Å². The van der Waals surface area contributed by atoms with Crippen LogP contribution in [0.5, 0.6) is 0 Å². The molecule has 0 aliphatic heterocycles. The molecule has 4 aromatic rings. The van der Waals surface area contributed by atoms with Gasteiger partial charge in [0.15, 0.2) is 17.3 Å². The standard InChI is InChI=1S/C17H15F3N8/c1-10-11(2)15-24-25-16(17(18,19)20)28(15)26-14(10)22-9-12-4-6-21-13(8-12)27-7-3-5-23-27/h3-8H,9H2,1-2H3,(H,22,26). The number of nitrogens with zero attached hydrogens (tertiary/aromatic N) is 7. The second-order valence-corrected chi connectivity index (χ2v) is 6.18. The minimum atomic E-state index is -4.64. The lowest BCUT2D eigenvalue weighted by atomic mass is 10.2. The van der Waals surface area contributed by atoms with Gasteiger partial charge in [0, 0.05) is 30.7 Å². The van der Waals surface area contributed by atoms with Crippen molar-refractivity contribution in [3.05, 3.63) is 59.3 Å². The summed E-state index contributed by atoms with van der Waals surface area (Å²) in [6.07, 6.45) is 0.419. The van der Waals surface area contributed by atoms with Gasteiger partial charge in [-0.05, 0) is 43.2 Å². The van der Waals surface area contributed by atoms with E-state index in [0.717, 1.165) is 10.1 Å². The van der Waals surface area contributed by atoms with E-state index in [1.165, 1.54) is 0 Å². The lowest BCUT2D eigenvalue weighted by molar-refractivity contribution is -0.146. The van der Waals surface area contributed by atoms with Gasteiger partial charge in [0.05, 0.1) is 0 Å². The quantitative estimate of drug-likeness (QED) is 0.579. The fraction of sp³-hybridized carbons (Fsp3) is 0.235. The highest BCUT2D eigenvalue weighted by Gasteiger charge is 2.38. The predicted octanol–water partition coefficient (Wildman–Crippen LogP) is 2.95. The summed E-state index contributed by atoms with van der Waals surface area (Å²) in [6, 6.07) is 5.43. The lowest BCUT2D eigenvalue weighted by Gasteiger charge is -2.13. The van der Waals surface area contributed by atoms with E-state index in [1.807, 2.05) is 6.07 Å². The average molecular weight is 388 g/mol. The molecule has 0 unspecified atom stereocenters. The maximum Gasteiger partial charge on any atom is 0.453 e. The SMILES string of the molecule is Cc1c(NCc2ccnc(-n3cccn3)c2)nn2c(C(F)(F)F)nnc2c1C. The Hall–Kier alpha value is -3.50. The Morgan fingerprint density at radius 3 is 2.64 bits per heavy atom. The molecular weight excluding hydrogens is 373 g/mol. The van der Waals surface area contributed by atoms with E-state index in [9.17, 15) is 13.2 Å². The van der Waals surface area contributed by atoms with Gasteiger partial charge in [0.2, 0.25) is 0 Å². The van der Waals surface area contributed by atoms with Crippen LogP contribution in [0.4, 0.5) is 19.0 Å². The van der Waals surface area contributed by atoms with Gasteiger partial charge >= 0.3 is 6.18 Å². The van der Waals surface area contributed by atoms with Crippen LogP contribution in [-0.2, 0) is 12.7 Å². The van der Waals surface area contributed by atoms with Crippen molar-refractivity contribution < 1.29 is 13.2 Å². The van der Waals surface area contributed by atoms with E-state index < -0.39 is 12.0 Å². The third-order valence-electron chi connectivity index (χ3n) is 4.36. The van der Waals surface area contributed by atoms with Crippen molar-refractivity contribution in [2.24, 2.45) is 0 Å². The Morgan fingerprint density at radius 2 is 1.93 bits per heavy atom. The molecule has 144 valence electrons. The van der Waals surface area contributed by atoms with Crippen molar-refractivity contribution in [1.29, 1.82) is 0 Å². The molecule has 0 amide bonds. The van der Waals surface area contributed by atoms with Crippen LogP contribution in [-0.4, -0.2) is 34.6 Å². The number of anilines is 1. The number of pyridine rings is 1. The zero-order chi connectivity index (χ0) is 19.9. The number of hydrogen-bond donors (Lipinski definition) is 1. The van der Waals surface area contributed by atoms with Crippen molar-refractivity contribution in [2.45, 2.75) is 26.6 Å². The summed E-state index contributed by atoms with van der Waals surface area (Å²) in [5.74, 6) is -0.190. The number of nitrogens with one attached hydrogen (secondary N) is 1. The van der Waals surface area contributed by atoms with Crippen LogP contribution in [0.2, 0.25) is 0 Å². The average Bonchev–Trinajstić information content (AvgIpc) is 3.33. The van der Waals surface area contributed by atoms with Crippen molar-refractivity contribution in [3.8, 4) is 5.82 Å². The molecular formula is C17H15F3N8. The minimum Gasteiger partial charge on any atom is -0.364 e. The predicted molar refractivity (Wildman–Crippen MR) is 93.9 cm³/mol. The zero-order valence-electron chi connectivity index (χ0n) is 14.9. The number of fused-ring (bicyclic) bond motifs is 1. The van der Waals surface area contributed by atoms with Gasteiger partial charge in [-0.25, -0.2) is 9.67 Å². The monoisotopic (exact) mass is 388 g/mol. The first kappa shape index (κ1) is 17.9. The van der Waals surface area contributed by atoms with Crippen LogP contribution in [0.1, 0.15) is 22.5 Å². The summed E-state index contributed by atoms with van der Waals surface area (Å²) in [6.45, 7) is 3.81. The third-order valence-corrected chi connectivity index (χ3v) is 4.36. The topological polar surface area (TPSA) is 85.8 Å². The van der Waals surface area contributed by atoms with Gasteiger partial charge < -0.3 is 5.32 Å². The van der Waals surface area contributed by atoms with Crippen LogP contribution in [0.15, 0.2) is 36.8 Å². The van der Waals surface area contributed by atoms with Crippen molar-refractivity contribution in [2.75, 3.05) is 5.32 Å². The molecule has 8 nitrogen and oxygen atoms in total. The second kappa shape index (κ2) is 6.59. The molecule has 0 aromatic carbocycles. The van der Waals surface area contributed by atoms with Crippen molar-refractivity contribution in [1.82, 2.24) is 34.6 Å². The smallest absolute Gasteiger partial charge is 0.364 e. The van der Waals surface area contributed by atoms with Gasteiger partial charge in [-0.15, -0.1) is 15.3 Å². The molecule has 0 saturated carbocycles. The molecule has 11 heteroatoms. The normalized spacial score (nSPS) is 11.9. The Balaban J connectivity index is 1.65. The molecule has 0 radical (unpaired) electrons. The number of halogens is 3. The molecule has 0 atom stereocenters. The van der Waals surface area contributed by atoms with E-state index in [-0.39, 0.29) is 5.65 Å². The summed E-state index contributed by atoms with van der Waals surface area (Å²) in [4.78, 5) is 4.25. The first-order valence-corrected chi connectivity index (χ1v) is 8.33. The number of hydrogen-bond acceptors (Lipinski definition) is 6. The molecule has 0 saturated heterocycles. The minimum absolute atomic E-state index is 0.0836. The van der Waals surface area contributed by atoms with Crippen LogP contribution < -0.4 is 5.32 Å². The van der Waals surface area contributed by atoms with E-state index in [1.54, 1.807) is 49.3 Å². The Morgan fingerprint density at radius 1 is 1.11 bits per heavy atom. The molecule has 28 heavy (non-hydrogen) atoms. The molecule has 0 aliphatic carbocycles. The van der Waals surface area contributed by atoms with E-state index in [2.05, 4.69) is 30.7 Å². The van der Waals surface area contributed by atoms with Crippen molar-refractivity contribution >= 4 is 11.5 Å². The van der Waals surface area contributed by atoms with Gasteiger partial charge in [0.1, 0.15) is 0 Å². The maximum atomic E-state index is 13.1. The third kappa shape index (κ3) is 3.15. The van der Waals surface area contributed by atoms with Crippen LogP contribution in [0, 0.1) is 13.8 Å². The van der Waals surface area contributed by atoms with Gasteiger partial charge in [-0.3, -0.25) is 0 Å². The summed E-state index contributed by atoms with van der Waals surface area (Å²) in [7, 11) is 0. The number of alkyl halides is 3. The molecule has 4 aromatic heterocycles. The lowest BCUT2D eigenvalue weighted by Crippen LogP contribution is -2.15. The molecule has 4 heterocycles. The summed E-state index contributed by atoms with van der Waals surface area (Å²) >= 11 is 0. The summed E-state index contributed by atoms with van der Waals surface area (Å²) in [5.41, 5.74) is 2.24.